The van der Waals surface area contributed by atoms with Crippen molar-refractivity contribution >= 4 is 23.5 Å². The minimum atomic E-state index is -0.0471. The molecule has 2 fully saturated rings. The highest BCUT2D eigenvalue weighted by Crippen LogP contribution is 2.24. The van der Waals surface area contributed by atoms with Crippen LogP contribution in [0.5, 0.6) is 0 Å². The minimum absolute atomic E-state index is 0.0230. The van der Waals surface area contributed by atoms with E-state index in [0.717, 1.165) is 30.2 Å². The predicted molar refractivity (Wildman–Crippen MR) is 98.8 cm³/mol. The Kier molecular flexibility index (Phi) is 5.24. The highest BCUT2D eigenvalue weighted by Gasteiger charge is 2.36. The molecule has 0 unspecified atom stereocenters. The molecule has 4 rings (SSSR count). The number of carbonyl (C=O) groups is 1. The van der Waals surface area contributed by atoms with Gasteiger partial charge in [-0.05, 0) is 22.1 Å². The van der Waals surface area contributed by atoms with Gasteiger partial charge in [0.2, 0.25) is 11.9 Å². The molecule has 2 bridgehead atoms. The zero-order valence-electron chi connectivity index (χ0n) is 14.9. The van der Waals surface area contributed by atoms with E-state index in [1.807, 2.05) is 29.2 Å². The number of halogens is 1. The highest BCUT2D eigenvalue weighted by molar-refractivity contribution is 6.31. The number of nitrogen functional groups attached to an aromatic ring is 1. The van der Waals surface area contributed by atoms with Crippen molar-refractivity contribution in [2.45, 2.75) is 19.1 Å². The van der Waals surface area contributed by atoms with Crippen molar-refractivity contribution in [2.75, 3.05) is 38.6 Å². The number of carbonyl (C=O) groups excluding carboxylic acids is 1. The third kappa shape index (κ3) is 4.05. The molecule has 3 heterocycles. The molecule has 2 aromatic rings. The summed E-state index contributed by atoms with van der Waals surface area (Å²) in [6, 6.07) is 7.86. The van der Waals surface area contributed by atoms with Crippen molar-refractivity contribution in [2.24, 2.45) is 5.92 Å². The molecule has 2 N–H and O–H groups in total. The number of hydrogen-bond donors (Lipinski definition) is 1. The summed E-state index contributed by atoms with van der Waals surface area (Å²) in [4.78, 5) is 17.1. The molecule has 0 radical (unpaired) electrons. The summed E-state index contributed by atoms with van der Waals surface area (Å²) in [6.07, 6.45) is 0. The van der Waals surface area contributed by atoms with Crippen molar-refractivity contribution in [3.63, 3.8) is 0 Å². The van der Waals surface area contributed by atoms with Crippen LogP contribution in [0.25, 0.3) is 0 Å². The maximum Gasteiger partial charge on any atom is 0.244 e. The van der Waals surface area contributed by atoms with Gasteiger partial charge >= 0.3 is 0 Å². The fourth-order valence-corrected chi connectivity index (χ4v) is 3.98. The lowest BCUT2D eigenvalue weighted by atomic mass is 10.1. The summed E-state index contributed by atoms with van der Waals surface area (Å²) < 4.78 is 7.12. The van der Waals surface area contributed by atoms with Crippen molar-refractivity contribution in [3.8, 4) is 0 Å². The van der Waals surface area contributed by atoms with E-state index in [1.54, 1.807) is 0 Å². The van der Waals surface area contributed by atoms with Gasteiger partial charge < -0.3 is 15.4 Å². The second kappa shape index (κ2) is 7.79. The van der Waals surface area contributed by atoms with Crippen LogP contribution in [-0.2, 0) is 22.6 Å². The second-order valence-electron chi connectivity index (χ2n) is 7.08. The number of benzene rings is 1. The number of anilines is 1. The number of nitrogens with zero attached hydrogens (tertiary/aromatic N) is 6. The third-order valence-electron chi connectivity index (χ3n) is 5.06. The fraction of sp³-hybridized carbons (Fsp3) is 0.529. The summed E-state index contributed by atoms with van der Waals surface area (Å²) in [5, 5.41) is 11.7. The molecule has 27 heavy (non-hydrogen) atoms. The van der Waals surface area contributed by atoms with E-state index in [-0.39, 0.29) is 30.4 Å². The number of amides is 1. The lowest BCUT2D eigenvalue weighted by Crippen LogP contribution is -2.47. The highest BCUT2D eigenvalue weighted by atomic mass is 35.5. The van der Waals surface area contributed by atoms with E-state index < -0.39 is 0 Å². The SMILES string of the molecule is Nc1nnnn1CC(=O)N1C[C@H]2COC[C@@H]1CN(Cc1ccccc1Cl)C2. The number of tetrazole rings is 1. The Balaban J connectivity index is 1.49. The predicted octanol–water partition coefficient (Wildman–Crippen LogP) is 0.268. The van der Waals surface area contributed by atoms with Gasteiger partial charge in [0.15, 0.2) is 0 Å². The summed E-state index contributed by atoms with van der Waals surface area (Å²) >= 11 is 6.33. The van der Waals surface area contributed by atoms with Gasteiger partial charge in [-0.1, -0.05) is 34.9 Å². The third-order valence-corrected chi connectivity index (χ3v) is 5.43. The van der Waals surface area contributed by atoms with E-state index in [9.17, 15) is 4.79 Å². The Bertz CT molecular complexity index is 814. The second-order valence-corrected chi connectivity index (χ2v) is 7.49. The van der Waals surface area contributed by atoms with E-state index in [4.69, 9.17) is 22.1 Å². The van der Waals surface area contributed by atoms with Crippen LogP contribution in [0.15, 0.2) is 24.3 Å². The zero-order valence-corrected chi connectivity index (χ0v) is 15.6. The van der Waals surface area contributed by atoms with Crippen LogP contribution in [0.1, 0.15) is 5.56 Å². The number of hydrogen-bond acceptors (Lipinski definition) is 7. The Labute approximate surface area is 162 Å². The van der Waals surface area contributed by atoms with Crippen LogP contribution < -0.4 is 5.73 Å². The molecule has 0 aliphatic carbocycles. The smallest absolute Gasteiger partial charge is 0.244 e. The molecule has 144 valence electrons. The van der Waals surface area contributed by atoms with Gasteiger partial charge in [0.1, 0.15) is 6.54 Å². The molecular weight excluding hydrogens is 370 g/mol. The minimum Gasteiger partial charge on any atom is -0.379 e. The Morgan fingerprint density at radius 1 is 1.26 bits per heavy atom. The van der Waals surface area contributed by atoms with Crippen LogP contribution in [0.2, 0.25) is 5.02 Å². The van der Waals surface area contributed by atoms with Crippen LogP contribution in [-0.4, -0.2) is 74.8 Å². The topological polar surface area (TPSA) is 102 Å². The first-order chi connectivity index (χ1) is 13.1. The van der Waals surface area contributed by atoms with E-state index in [1.165, 1.54) is 4.68 Å². The van der Waals surface area contributed by atoms with Crippen LogP contribution in [0.4, 0.5) is 5.95 Å². The summed E-state index contributed by atoms with van der Waals surface area (Å²) in [7, 11) is 0. The molecular formula is C17H22ClN7O2. The van der Waals surface area contributed by atoms with Gasteiger partial charge in [-0.15, -0.1) is 0 Å². The summed E-state index contributed by atoms with van der Waals surface area (Å²) in [5.74, 6) is 0.335. The molecule has 0 spiro atoms. The zero-order chi connectivity index (χ0) is 18.8. The number of rotatable bonds is 4. The molecule has 2 saturated heterocycles. The molecule has 1 aromatic carbocycles. The van der Waals surface area contributed by atoms with Gasteiger partial charge in [-0.25, -0.2) is 4.68 Å². The van der Waals surface area contributed by atoms with Gasteiger partial charge in [-0.2, -0.15) is 0 Å². The first kappa shape index (κ1) is 18.1. The molecule has 2 atom stereocenters. The molecule has 9 nitrogen and oxygen atoms in total. The molecule has 1 aromatic heterocycles. The Hall–Kier alpha value is -2.23. The quantitative estimate of drug-likeness (QED) is 0.797. The van der Waals surface area contributed by atoms with Crippen molar-refractivity contribution in [1.82, 2.24) is 30.0 Å². The first-order valence-corrected chi connectivity index (χ1v) is 9.32. The lowest BCUT2D eigenvalue weighted by molar-refractivity contribution is -0.134. The van der Waals surface area contributed by atoms with E-state index >= 15 is 0 Å². The summed E-state index contributed by atoms with van der Waals surface area (Å²) in [6.45, 7) is 4.21. The van der Waals surface area contributed by atoms with Crippen molar-refractivity contribution in [3.05, 3.63) is 34.9 Å². The standard InChI is InChI=1S/C17H22ClN7O2/c18-15-4-2-1-3-13(15)7-23-5-12-6-24(14(8-23)11-27-10-12)16(26)9-25-17(19)20-21-22-25/h1-4,12,14H,5-11H2,(H2,19,20,22)/t12-,14-/m0/s1. The molecule has 0 saturated carbocycles. The molecule has 10 heteroatoms. The van der Waals surface area contributed by atoms with Gasteiger partial charge in [0.05, 0.1) is 19.3 Å². The van der Waals surface area contributed by atoms with Crippen LogP contribution in [0, 0.1) is 5.92 Å². The molecule has 2 aliphatic rings. The monoisotopic (exact) mass is 391 g/mol. The summed E-state index contributed by atoms with van der Waals surface area (Å²) in [5.41, 5.74) is 6.79. The average molecular weight is 392 g/mol. The van der Waals surface area contributed by atoms with E-state index in [0.29, 0.717) is 19.8 Å². The Morgan fingerprint density at radius 2 is 2.11 bits per heavy atom. The maximum atomic E-state index is 12.9. The Morgan fingerprint density at radius 3 is 2.89 bits per heavy atom. The molecule has 2 aliphatic heterocycles. The van der Waals surface area contributed by atoms with Crippen LogP contribution in [0.3, 0.4) is 0 Å². The number of aromatic nitrogens is 4. The fourth-order valence-electron chi connectivity index (χ4n) is 3.79. The van der Waals surface area contributed by atoms with Gasteiger partial charge in [0.25, 0.3) is 0 Å². The lowest BCUT2D eigenvalue weighted by Gasteiger charge is -2.31. The average Bonchev–Trinajstić information content (AvgIpc) is 2.84. The molecule has 1 amide bonds. The number of ether oxygens (including phenoxy) is 1. The van der Waals surface area contributed by atoms with Crippen LogP contribution >= 0.6 is 11.6 Å². The maximum absolute atomic E-state index is 12.9. The van der Waals surface area contributed by atoms with Crippen molar-refractivity contribution in [1.29, 1.82) is 0 Å². The van der Waals surface area contributed by atoms with Gasteiger partial charge in [0, 0.05) is 37.1 Å². The normalized spacial score (nSPS) is 23.2. The van der Waals surface area contributed by atoms with E-state index in [2.05, 4.69) is 20.4 Å². The largest absolute Gasteiger partial charge is 0.379 e. The van der Waals surface area contributed by atoms with Crippen molar-refractivity contribution < 1.29 is 9.53 Å². The van der Waals surface area contributed by atoms with Gasteiger partial charge in [-0.3, -0.25) is 9.69 Å². The number of nitrogens with two attached hydrogens (primary N) is 1. The number of fused-ring (bicyclic) bond motifs is 3. The first-order valence-electron chi connectivity index (χ1n) is 8.94.